The summed E-state index contributed by atoms with van der Waals surface area (Å²) in [4.78, 5) is 0. The van der Waals surface area contributed by atoms with Gasteiger partial charge in [0.15, 0.2) is 0 Å². The van der Waals surface area contributed by atoms with Gasteiger partial charge in [0.25, 0.3) is 0 Å². The molecule has 1 fully saturated rings. The van der Waals surface area contributed by atoms with Crippen molar-refractivity contribution in [1.29, 1.82) is 0 Å². The minimum atomic E-state index is 0.739. The lowest BCUT2D eigenvalue weighted by atomic mass is 9.81. The molecule has 0 saturated heterocycles. The van der Waals surface area contributed by atoms with Crippen LogP contribution in [0.4, 0.5) is 0 Å². The lowest BCUT2D eigenvalue weighted by Crippen LogP contribution is -2.14. The van der Waals surface area contributed by atoms with E-state index in [2.05, 4.69) is 20.8 Å². The number of allylic oxidation sites excluding steroid dienone is 2. The minimum absolute atomic E-state index is 0.739. The third-order valence-electron chi connectivity index (χ3n) is 5.62. The molecule has 0 aromatic rings. The Morgan fingerprint density at radius 1 is 0.952 bits per heavy atom. The number of hydrogen-bond acceptors (Lipinski definition) is 1. The average Bonchev–Trinajstić information content (AvgIpc) is 2.46. The molecule has 1 heteroatoms. The second-order valence-electron chi connectivity index (χ2n) is 7.06. The van der Waals surface area contributed by atoms with Gasteiger partial charge in [0.05, 0.1) is 0 Å². The lowest BCUT2D eigenvalue weighted by Gasteiger charge is -2.25. The zero-order valence-corrected chi connectivity index (χ0v) is 14.9. The van der Waals surface area contributed by atoms with Crippen LogP contribution in [0.25, 0.3) is 0 Å². The maximum Gasteiger partial charge on any atom is -0.00489 e. The predicted molar refractivity (Wildman–Crippen MR) is 95.5 cm³/mol. The third-order valence-corrected chi connectivity index (χ3v) is 5.62. The first-order valence-electron chi connectivity index (χ1n) is 9.64. The van der Waals surface area contributed by atoms with Crippen molar-refractivity contribution < 1.29 is 0 Å². The van der Waals surface area contributed by atoms with Crippen LogP contribution in [-0.4, -0.2) is 6.54 Å². The normalized spacial score (nSPS) is 17.4. The van der Waals surface area contributed by atoms with Crippen LogP contribution in [0.2, 0.25) is 0 Å². The van der Waals surface area contributed by atoms with Gasteiger partial charge in [0.1, 0.15) is 0 Å². The zero-order valence-electron chi connectivity index (χ0n) is 14.9. The quantitative estimate of drug-likeness (QED) is 0.424. The van der Waals surface area contributed by atoms with E-state index >= 15 is 0 Å². The molecule has 0 aliphatic heterocycles. The number of unbranched alkanes of at least 4 members (excludes halogenated alkanes) is 1. The number of hydrogen-bond donors (Lipinski definition) is 1. The second kappa shape index (κ2) is 11.3. The van der Waals surface area contributed by atoms with E-state index in [9.17, 15) is 0 Å². The molecule has 0 aromatic heterocycles. The van der Waals surface area contributed by atoms with E-state index in [0.717, 1.165) is 18.4 Å². The molecule has 2 atom stereocenters. The van der Waals surface area contributed by atoms with Crippen LogP contribution in [-0.2, 0) is 0 Å². The van der Waals surface area contributed by atoms with E-state index in [1.54, 1.807) is 0 Å². The molecule has 1 saturated carbocycles. The first-order chi connectivity index (χ1) is 10.2. The van der Waals surface area contributed by atoms with Gasteiger partial charge < -0.3 is 5.73 Å². The Bertz CT molecular complexity index is 282. The van der Waals surface area contributed by atoms with Crippen LogP contribution < -0.4 is 5.73 Å². The van der Waals surface area contributed by atoms with Crippen molar-refractivity contribution in [2.75, 3.05) is 6.54 Å². The standard InChI is InChI=1S/C20H39N/c1-4-7-9-17(5-2)12-14-20(19-10-8-11-19)15-13-18(6-3)16-21/h17-18H,4-16,21H2,1-3H3. The highest BCUT2D eigenvalue weighted by atomic mass is 14.5. The summed E-state index contributed by atoms with van der Waals surface area (Å²) in [6, 6.07) is 0. The van der Waals surface area contributed by atoms with Gasteiger partial charge >= 0.3 is 0 Å². The summed E-state index contributed by atoms with van der Waals surface area (Å²) in [6.07, 6.45) is 16.5. The monoisotopic (exact) mass is 293 g/mol. The smallest absolute Gasteiger partial charge is 0.00489 e. The van der Waals surface area contributed by atoms with Crippen LogP contribution in [0.1, 0.15) is 97.8 Å². The Balaban J connectivity index is 2.44. The van der Waals surface area contributed by atoms with Crippen molar-refractivity contribution in [1.82, 2.24) is 0 Å². The largest absolute Gasteiger partial charge is 0.330 e. The fraction of sp³-hybridized carbons (Fsp3) is 0.900. The molecule has 2 N–H and O–H groups in total. The van der Waals surface area contributed by atoms with Gasteiger partial charge in [0, 0.05) is 0 Å². The molecule has 0 radical (unpaired) electrons. The molecular formula is C20H39N. The summed E-state index contributed by atoms with van der Waals surface area (Å²) >= 11 is 0. The fourth-order valence-corrected chi connectivity index (χ4v) is 3.48. The summed E-state index contributed by atoms with van der Waals surface area (Å²) in [5.41, 5.74) is 9.51. The number of nitrogens with two attached hydrogens (primary N) is 1. The Morgan fingerprint density at radius 2 is 1.57 bits per heavy atom. The Morgan fingerprint density at radius 3 is 2.00 bits per heavy atom. The Labute approximate surface area is 133 Å². The van der Waals surface area contributed by atoms with E-state index in [0.29, 0.717) is 0 Å². The van der Waals surface area contributed by atoms with Crippen molar-refractivity contribution in [3.8, 4) is 0 Å². The zero-order chi connectivity index (χ0) is 15.5. The third kappa shape index (κ3) is 7.00. The maximum absolute atomic E-state index is 5.87. The van der Waals surface area contributed by atoms with Crippen molar-refractivity contribution in [2.24, 2.45) is 17.6 Å². The van der Waals surface area contributed by atoms with Crippen LogP contribution in [0, 0.1) is 11.8 Å². The highest BCUT2D eigenvalue weighted by Crippen LogP contribution is 2.35. The molecule has 0 aromatic carbocycles. The van der Waals surface area contributed by atoms with E-state index in [-0.39, 0.29) is 0 Å². The molecule has 1 aliphatic carbocycles. The predicted octanol–water partition coefficient (Wildman–Crippen LogP) is 6.23. The molecule has 0 heterocycles. The van der Waals surface area contributed by atoms with Gasteiger partial charge in [-0.3, -0.25) is 0 Å². The molecule has 1 rings (SSSR count). The van der Waals surface area contributed by atoms with E-state index < -0.39 is 0 Å². The van der Waals surface area contributed by atoms with Gasteiger partial charge in [-0.1, -0.05) is 64.0 Å². The van der Waals surface area contributed by atoms with Gasteiger partial charge in [-0.15, -0.1) is 0 Å². The van der Waals surface area contributed by atoms with Crippen molar-refractivity contribution in [2.45, 2.75) is 97.8 Å². The molecule has 21 heavy (non-hydrogen) atoms. The van der Waals surface area contributed by atoms with Crippen LogP contribution in [0.3, 0.4) is 0 Å². The van der Waals surface area contributed by atoms with Gasteiger partial charge in [-0.25, -0.2) is 0 Å². The topological polar surface area (TPSA) is 26.0 Å². The average molecular weight is 294 g/mol. The van der Waals surface area contributed by atoms with Crippen molar-refractivity contribution in [3.63, 3.8) is 0 Å². The Hall–Kier alpha value is -0.300. The molecule has 0 spiro atoms. The second-order valence-corrected chi connectivity index (χ2v) is 7.06. The minimum Gasteiger partial charge on any atom is -0.330 e. The molecule has 0 bridgehead atoms. The van der Waals surface area contributed by atoms with Crippen molar-refractivity contribution in [3.05, 3.63) is 11.1 Å². The summed E-state index contributed by atoms with van der Waals surface area (Å²) in [5.74, 6) is 1.69. The summed E-state index contributed by atoms with van der Waals surface area (Å²) in [6.45, 7) is 7.84. The highest BCUT2D eigenvalue weighted by Gasteiger charge is 2.17. The van der Waals surface area contributed by atoms with Crippen LogP contribution >= 0.6 is 0 Å². The molecule has 1 nitrogen and oxygen atoms in total. The summed E-state index contributed by atoms with van der Waals surface area (Å²) < 4.78 is 0. The van der Waals surface area contributed by atoms with Gasteiger partial charge in [0.2, 0.25) is 0 Å². The SMILES string of the molecule is CCCCC(CC)CCC(CCC(CC)CN)=C1CCC1. The Kier molecular flexibility index (Phi) is 10.1. The first-order valence-corrected chi connectivity index (χ1v) is 9.64. The summed E-state index contributed by atoms with van der Waals surface area (Å²) in [5, 5.41) is 0. The molecule has 1 aliphatic rings. The van der Waals surface area contributed by atoms with Crippen LogP contribution in [0.5, 0.6) is 0 Å². The van der Waals surface area contributed by atoms with Crippen molar-refractivity contribution >= 4 is 0 Å². The van der Waals surface area contributed by atoms with Gasteiger partial charge in [-0.05, 0) is 63.3 Å². The van der Waals surface area contributed by atoms with Gasteiger partial charge in [-0.2, -0.15) is 0 Å². The fourth-order valence-electron chi connectivity index (χ4n) is 3.48. The lowest BCUT2D eigenvalue weighted by molar-refractivity contribution is 0.411. The van der Waals surface area contributed by atoms with E-state index in [4.69, 9.17) is 5.73 Å². The number of rotatable bonds is 12. The summed E-state index contributed by atoms with van der Waals surface area (Å²) in [7, 11) is 0. The van der Waals surface area contributed by atoms with E-state index in [1.165, 1.54) is 77.0 Å². The molecule has 0 amide bonds. The highest BCUT2D eigenvalue weighted by molar-refractivity contribution is 5.19. The van der Waals surface area contributed by atoms with E-state index in [1.807, 2.05) is 11.1 Å². The van der Waals surface area contributed by atoms with Crippen LogP contribution in [0.15, 0.2) is 11.1 Å². The molecular weight excluding hydrogens is 254 g/mol. The molecule has 2 unspecified atom stereocenters. The molecule has 124 valence electrons. The maximum atomic E-state index is 5.87. The first kappa shape index (κ1) is 18.7.